The van der Waals surface area contributed by atoms with Gasteiger partial charge in [-0.25, -0.2) is 4.79 Å². The summed E-state index contributed by atoms with van der Waals surface area (Å²) in [6.07, 6.45) is 0. The maximum absolute atomic E-state index is 11.1. The Balaban J connectivity index is 3.15. The van der Waals surface area contributed by atoms with Gasteiger partial charge in [0.05, 0.1) is 23.5 Å². The molecule has 0 aliphatic carbocycles. The number of benzene rings is 1. The van der Waals surface area contributed by atoms with Gasteiger partial charge in [-0.1, -0.05) is 6.07 Å². The van der Waals surface area contributed by atoms with Gasteiger partial charge in [0.15, 0.2) is 0 Å². The third kappa shape index (κ3) is 2.88. The highest BCUT2D eigenvalue weighted by Crippen LogP contribution is 2.28. The summed E-state index contributed by atoms with van der Waals surface area (Å²) in [7, 11) is 3.42. The van der Waals surface area contributed by atoms with E-state index in [9.17, 15) is 4.79 Å². The van der Waals surface area contributed by atoms with Crippen molar-refractivity contribution < 1.29 is 14.6 Å². The fourth-order valence-corrected chi connectivity index (χ4v) is 1.70. The fraction of sp³-hybridized carbons (Fsp3) is 0.417. The maximum atomic E-state index is 11.1. The minimum Gasteiger partial charge on any atom is -0.478 e. The van der Waals surface area contributed by atoms with Gasteiger partial charge >= 0.3 is 5.97 Å². The standard InChI is InChI=1S/C12H18N2O3/c1-8(7-17-3)14(2)11-9(12(15)16)5-4-6-10(11)13/h4-6,8H,7,13H2,1-3H3,(H,15,16). The molecule has 1 atom stereocenters. The summed E-state index contributed by atoms with van der Waals surface area (Å²) < 4.78 is 5.06. The van der Waals surface area contributed by atoms with Crippen LogP contribution in [0.3, 0.4) is 0 Å². The SMILES string of the molecule is COCC(C)N(C)c1c(N)cccc1C(=O)O. The first kappa shape index (κ1) is 13.3. The van der Waals surface area contributed by atoms with E-state index in [0.717, 1.165) is 0 Å². The molecule has 3 N–H and O–H groups in total. The Bertz CT molecular complexity index is 407. The number of nitrogens with zero attached hydrogens (tertiary/aromatic N) is 1. The lowest BCUT2D eigenvalue weighted by Gasteiger charge is -2.28. The molecule has 0 aromatic heterocycles. The maximum Gasteiger partial charge on any atom is 0.337 e. The van der Waals surface area contributed by atoms with E-state index in [2.05, 4.69) is 0 Å². The number of nitrogen functional groups attached to an aromatic ring is 1. The zero-order valence-corrected chi connectivity index (χ0v) is 10.3. The first-order valence-corrected chi connectivity index (χ1v) is 5.32. The molecular formula is C12H18N2O3. The molecule has 5 heteroatoms. The van der Waals surface area contributed by atoms with Crippen molar-refractivity contribution in [2.45, 2.75) is 13.0 Å². The van der Waals surface area contributed by atoms with E-state index in [1.54, 1.807) is 25.3 Å². The quantitative estimate of drug-likeness (QED) is 0.759. The highest BCUT2D eigenvalue weighted by molar-refractivity contribution is 5.98. The van der Waals surface area contributed by atoms with Crippen molar-refractivity contribution in [3.8, 4) is 0 Å². The Kier molecular flexibility index (Phi) is 4.34. The predicted molar refractivity (Wildman–Crippen MR) is 67.6 cm³/mol. The number of carboxylic acids is 1. The smallest absolute Gasteiger partial charge is 0.337 e. The molecule has 1 rings (SSSR count). The molecule has 94 valence electrons. The van der Waals surface area contributed by atoms with Crippen LogP contribution in [0.25, 0.3) is 0 Å². The molecule has 0 amide bonds. The highest BCUT2D eigenvalue weighted by Gasteiger charge is 2.19. The number of methoxy groups -OCH3 is 1. The largest absolute Gasteiger partial charge is 0.478 e. The van der Waals surface area contributed by atoms with Crippen molar-refractivity contribution in [2.24, 2.45) is 0 Å². The van der Waals surface area contributed by atoms with E-state index < -0.39 is 5.97 Å². The minimum atomic E-state index is -0.983. The van der Waals surface area contributed by atoms with Crippen LogP contribution in [0.5, 0.6) is 0 Å². The first-order valence-electron chi connectivity index (χ1n) is 5.32. The summed E-state index contributed by atoms with van der Waals surface area (Å²) in [6.45, 7) is 2.45. The highest BCUT2D eigenvalue weighted by atomic mass is 16.5. The molecule has 0 aliphatic rings. The Morgan fingerprint density at radius 2 is 2.24 bits per heavy atom. The number of likely N-dealkylation sites (N-methyl/N-ethyl adjacent to an activating group) is 1. The van der Waals surface area contributed by atoms with Crippen LogP contribution in [0.4, 0.5) is 11.4 Å². The monoisotopic (exact) mass is 238 g/mol. The van der Waals surface area contributed by atoms with E-state index in [0.29, 0.717) is 18.0 Å². The third-order valence-electron chi connectivity index (χ3n) is 2.72. The molecule has 0 aliphatic heterocycles. The predicted octanol–water partition coefficient (Wildman–Crippen LogP) is 1.44. The number of hydrogen-bond donors (Lipinski definition) is 2. The van der Waals surface area contributed by atoms with Crippen LogP contribution >= 0.6 is 0 Å². The van der Waals surface area contributed by atoms with E-state index in [4.69, 9.17) is 15.6 Å². The molecule has 17 heavy (non-hydrogen) atoms. The van der Waals surface area contributed by atoms with Gasteiger partial charge in [-0.3, -0.25) is 0 Å². The summed E-state index contributed by atoms with van der Waals surface area (Å²) in [4.78, 5) is 13.0. The van der Waals surface area contributed by atoms with Gasteiger partial charge < -0.3 is 20.5 Å². The van der Waals surface area contributed by atoms with Crippen molar-refractivity contribution in [2.75, 3.05) is 31.4 Å². The average Bonchev–Trinajstić information content (AvgIpc) is 2.28. The second-order valence-electron chi connectivity index (χ2n) is 3.96. The zero-order valence-electron chi connectivity index (χ0n) is 10.3. The van der Waals surface area contributed by atoms with E-state index in [1.807, 2.05) is 18.9 Å². The van der Waals surface area contributed by atoms with Crippen molar-refractivity contribution in [1.29, 1.82) is 0 Å². The summed E-state index contributed by atoms with van der Waals surface area (Å²) in [5, 5.41) is 9.14. The normalized spacial score (nSPS) is 12.2. The first-order chi connectivity index (χ1) is 7.99. The van der Waals surface area contributed by atoms with Gasteiger partial charge in [0.2, 0.25) is 0 Å². The average molecular weight is 238 g/mol. The molecule has 0 radical (unpaired) electrons. The molecule has 1 aromatic carbocycles. The number of ether oxygens (including phenoxy) is 1. The van der Waals surface area contributed by atoms with Gasteiger partial charge in [-0.05, 0) is 19.1 Å². The van der Waals surface area contributed by atoms with E-state index in [1.165, 1.54) is 0 Å². The topological polar surface area (TPSA) is 75.8 Å². The number of rotatable bonds is 5. The van der Waals surface area contributed by atoms with Crippen LogP contribution in [-0.4, -0.2) is 37.9 Å². The molecule has 0 heterocycles. The molecule has 1 aromatic rings. The summed E-state index contributed by atoms with van der Waals surface area (Å²) in [5.41, 5.74) is 7.04. The summed E-state index contributed by atoms with van der Waals surface area (Å²) in [5.74, 6) is -0.983. The van der Waals surface area contributed by atoms with Crippen molar-refractivity contribution >= 4 is 17.3 Å². The molecular weight excluding hydrogens is 220 g/mol. The number of carbonyl (C=O) groups is 1. The number of anilines is 2. The Labute approximate surface area is 101 Å². The Hall–Kier alpha value is -1.75. The molecule has 0 fully saturated rings. The van der Waals surface area contributed by atoms with Crippen LogP contribution in [0.1, 0.15) is 17.3 Å². The van der Waals surface area contributed by atoms with Gasteiger partial charge in [0.25, 0.3) is 0 Å². The second kappa shape index (κ2) is 5.54. The molecule has 0 saturated heterocycles. The van der Waals surface area contributed by atoms with Crippen LogP contribution in [0, 0.1) is 0 Å². The van der Waals surface area contributed by atoms with Crippen LogP contribution in [0.15, 0.2) is 18.2 Å². The summed E-state index contributed by atoms with van der Waals surface area (Å²) in [6, 6.07) is 4.92. The van der Waals surface area contributed by atoms with E-state index >= 15 is 0 Å². The molecule has 0 spiro atoms. The molecule has 0 saturated carbocycles. The van der Waals surface area contributed by atoms with Crippen molar-refractivity contribution in [3.63, 3.8) is 0 Å². The van der Waals surface area contributed by atoms with Crippen molar-refractivity contribution in [3.05, 3.63) is 23.8 Å². The lowest BCUT2D eigenvalue weighted by molar-refractivity contribution is 0.0697. The van der Waals surface area contributed by atoms with Crippen LogP contribution in [0.2, 0.25) is 0 Å². The Morgan fingerprint density at radius 1 is 1.59 bits per heavy atom. The fourth-order valence-electron chi connectivity index (χ4n) is 1.70. The number of carboxylic acid groups (broad SMARTS) is 1. The van der Waals surface area contributed by atoms with Gasteiger partial charge in [0.1, 0.15) is 0 Å². The van der Waals surface area contributed by atoms with Crippen LogP contribution < -0.4 is 10.6 Å². The molecule has 0 bridgehead atoms. The molecule has 1 unspecified atom stereocenters. The lowest BCUT2D eigenvalue weighted by atomic mass is 10.1. The van der Waals surface area contributed by atoms with E-state index in [-0.39, 0.29) is 11.6 Å². The third-order valence-corrected chi connectivity index (χ3v) is 2.72. The lowest BCUT2D eigenvalue weighted by Crippen LogP contribution is -2.34. The molecule has 5 nitrogen and oxygen atoms in total. The van der Waals surface area contributed by atoms with Crippen molar-refractivity contribution in [1.82, 2.24) is 0 Å². The van der Waals surface area contributed by atoms with Gasteiger partial charge in [-0.2, -0.15) is 0 Å². The number of aromatic carboxylic acids is 1. The zero-order chi connectivity index (χ0) is 13.0. The van der Waals surface area contributed by atoms with Gasteiger partial charge in [0, 0.05) is 20.2 Å². The van der Waals surface area contributed by atoms with Crippen LogP contribution in [-0.2, 0) is 4.74 Å². The number of hydrogen-bond acceptors (Lipinski definition) is 4. The minimum absolute atomic E-state index is 0.0443. The number of nitrogens with two attached hydrogens (primary N) is 1. The Morgan fingerprint density at radius 3 is 2.76 bits per heavy atom. The number of para-hydroxylation sites is 1. The van der Waals surface area contributed by atoms with Gasteiger partial charge in [-0.15, -0.1) is 0 Å². The second-order valence-corrected chi connectivity index (χ2v) is 3.96. The summed E-state index contributed by atoms with van der Waals surface area (Å²) >= 11 is 0.